The minimum atomic E-state index is -0.827. The van der Waals surface area contributed by atoms with E-state index in [1.165, 1.54) is 6.92 Å². The van der Waals surface area contributed by atoms with Gasteiger partial charge in [0.25, 0.3) is 5.91 Å². The third kappa shape index (κ3) is 4.12. The average Bonchev–Trinajstić information content (AvgIpc) is 2.36. The van der Waals surface area contributed by atoms with E-state index in [0.29, 0.717) is 11.4 Å². The van der Waals surface area contributed by atoms with E-state index in [2.05, 4.69) is 10.4 Å². The summed E-state index contributed by atoms with van der Waals surface area (Å²) in [4.78, 5) is 22.0. The summed E-state index contributed by atoms with van der Waals surface area (Å²) in [5.74, 6) is 0.252. The molecule has 3 amide bonds. The van der Waals surface area contributed by atoms with Crippen molar-refractivity contribution in [1.82, 2.24) is 5.43 Å². The van der Waals surface area contributed by atoms with Gasteiger partial charge in [-0.3, -0.25) is 4.79 Å². The van der Waals surface area contributed by atoms with Crippen molar-refractivity contribution in [3.05, 3.63) is 24.3 Å². The Labute approximate surface area is 104 Å². The van der Waals surface area contributed by atoms with Gasteiger partial charge in [0, 0.05) is 5.69 Å². The lowest BCUT2D eigenvalue weighted by atomic mass is 10.3. The second-order valence-corrected chi connectivity index (χ2v) is 3.36. The molecule has 0 bridgehead atoms. The Morgan fingerprint density at radius 3 is 2.39 bits per heavy atom. The highest BCUT2D eigenvalue weighted by atomic mass is 16.5. The average molecular weight is 250 g/mol. The standard InChI is InChI=1S/C11H14N4O3/c1-7(14-15-11(12)17)10(16)13-8-3-5-9(18-2)6-4-8/h3-6H,1-2H3,(H,13,16)(H3,12,15,17)/b14-7-. The zero-order valence-electron chi connectivity index (χ0n) is 10.1. The fourth-order valence-corrected chi connectivity index (χ4v) is 1.09. The molecule has 0 radical (unpaired) electrons. The number of urea groups is 1. The van der Waals surface area contributed by atoms with Crippen LogP contribution in [0.15, 0.2) is 29.4 Å². The minimum absolute atomic E-state index is 0.0876. The van der Waals surface area contributed by atoms with Crippen molar-refractivity contribution in [2.24, 2.45) is 10.8 Å². The van der Waals surface area contributed by atoms with Crippen LogP contribution < -0.4 is 21.2 Å². The Morgan fingerprint density at radius 1 is 1.28 bits per heavy atom. The predicted molar refractivity (Wildman–Crippen MR) is 67.5 cm³/mol. The first-order chi connectivity index (χ1) is 8.52. The van der Waals surface area contributed by atoms with Crippen molar-refractivity contribution < 1.29 is 14.3 Å². The Balaban J connectivity index is 2.63. The number of carbonyl (C=O) groups excluding carboxylic acids is 2. The SMILES string of the molecule is COc1ccc(NC(=O)/C(C)=N\NC(N)=O)cc1. The second-order valence-electron chi connectivity index (χ2n) is 3.36. The van der Waals surface area contributed by atoms with Gasteiger partial charge in [-0.25, -0.2) is 10.2 Å². The van der Waals surface area contributed by atoms with Crippen LogP contribution in [-0.2, 0) is 4.79 Å². The molecule has 0 saturated carbocycles. The number of rotatable bonds is 4. The van der Waals surface area contributed by atoms with Crippen LogP contribution in [0.3, 0.4) is 0 Å². The highest BCUT2D eigenvalue weighted by Crippen LogP contribution is 2.14. The summed E-state index contributed by atoms with van der Waals surface area (Å²) in [6.45, 7) is 1.45. The summed E-state index contributed by atoms with van der Waals surface area (Å²) < 4.78 is 4.99. The number of anilines is 1. The maximum absolute atomic E-state index is 11.6. The second kappa shape index (κ2) is 6.24. The third-order valence-electron chi connectivity index (χ3n) is 2.01. The fraction of sp³-hybridized carbons (Fsp3) is 0.182. The maximum Gasteiger partial charge on any atom is 0.332 e. The van der Waals surface area contributed by atoms with Gasteiger partial charge < -0.3 is 15.8 Å². The molecule has 0 aromatic heterocycles. The largest absolute Gasteiger partial charge is 0.497 e. The zero-order valence-corrected chi connectivity index (χ0v) is 10.1. The molecule has 0 aliphatic heterocycles. The summed E-state index contributed by atoms with van der Waals surface area (Å²) in [5, 5.41) is 6.11. The summed E-state index contributed by atoms with van der Waals surface area (Å²) in [5.41, 5.74) is 7.48. The molecule has 1 aromatic rings. The first-order valence-electron chi connectivity index (χ1n) is 5.08. The number of methoxy groups -OCH3 is 1. The number of hydrazone groups is 1. The molecule has 18 heavy (non-hydrogen) atoms. The number of nitrogens with two attached hydrogens (primary N) is 1. The van der Waals surface area contributed by atoms with Gasteiger partial charge >= 0.3 is 6.03 Å². The van der Waals surface area contributed by atoms with Gasteiger partial charge in [0.1, 0.15) is 11.5 Å². The lowest BCUT2D eigenvalue weighted by Crippen LogP contribution is -2.28. The van der Waals surface area contributed by atoms with Crippen molar-refractivity contribution in [2.45, 2.75) is 6.92 Å². The van der Waals surface area contributed by atoms with Gasteiger partial charge in [-0.1, -0.05) is 0 Å². The van der Waals surface area contributed by atoms with Crippen LogP contribution in [0.1, 0.15) is 6.92 Å². The zero-order chi connectivity index (χ0) is 13.5. The first-order valence-corrected chi connectivity index (χ1v) is 5.08. The molecule has 0 spiro atoms. The van der Waals surface area contributed by atoms with Crippen LogP contribution in [0.2, 0.25) is 0 Å². The molecular weight excluding hydrogens is 236 g/mol. The van der Waals surface area contributed by atoms with Crippen molar-refractivity contribution in [3.8, 4) is 5.75 Å². The molecular formula is C11H14N4O3. The Bertz CT molecular complexity index is 468. The van der Waals surface area contributed by atoms with Gasteiger partial charge in [0.2, 0.25) is 0 Å². The van der Waals surface area contributed by atoms with E-state index in [-0.39, 0.29) is 5.71 Å². The summed E-state index contributed by atoms with van der Waals surface area (Å²) >= 11 is 0. The topological polar surface area (TPSA) is 106 Å². The molecule has 96 valence electrons. The molecule has 0 aliphatic carbocycles. The number of amides is 3. The summed E-state index contributed by atoms with van der Waals surface area (Å²) in [6, 6.07) is 5.97. The lowest BCUT2D eigenvalue weighted by molar-refractivity contribution is -0.110. The van der Waals surface area contributed by atoms with Gasteiger partial charge in [0.05, 0.1) is 7.11 Å². The fourth-order valence-electron chi connectivity index (χ4n) is 1.09. The maximum atomic E-state index is 11.6. The predicted octanol–water partition coefficient (Wildman–Crippen LogP) is 0.678. The summed E-state index contributed by atoms with van der Waals surface area (Å²) in [6.07, 6.45) is 0. The highest BCUT2D eigenvalue weighted by molar-refractivity contribution is 6.42. The number of hydrogen-bond acceptors (Lipinski definition) is 4. The molecule has 0 heterocycles. The van der Waals surface area contributed by atoms with Gasteiger partial charge in [-0.05, 0) is 31.2 Å². The molecule has 0 atom stereocenters. The Hall–Kier alpha value is -2.57. The quantitative estimate of drug-likeness (QED) is 0.540. The van der Waals surface area contributed by atoms with Gasteiger partial charge in [0.15, 0.2) is 0 Å². The number of nitrogens with one attached hydrogen (secondary N) is 2. The number of benzene rings is 1. The van der Waals surface area contributed by atoms with Crippen LogP contribution in [0.5, 0.6) is 5.75 Å². The van der Waals surface area contributed by atoms with E-state index in [0.717, 1.165) is 0 Å². The molecule has 1 rings (SSSR count). The molecule has 0 aliphatic rings. The highest BCUT2D eigenvalue weighted by Gasteiger charge is 2.06. The van der Waals surface area contributed by atoms with Crippen LogP contribution >= 0.6 is 0 Å². The lowest BCUT2D eigenvalue weighted by Gasteiger charge is -2.05. The molecule has 7 nitrogen and oxygen atoms in total. The minimum Gasteiger partial charge on any atom is -0.497 e. The molecule has 0 saturated heterocycles. The van der Waals surface area contributed by atoms with E-state index in [4.69, 9.17) is 10.5 Å². The van der Waals surface area contributed by atoms with Crippen molar-refractivity contribution in [3.63, 3.8) is 0 Å². The number of hydrogen-bond donors (Lipinski definition) is 3. The molecule has 4 N–H and O–H groups in total. The number of primary amides is 1. The van der Waals surface area contributed by atoms with E-state index >= 15 is 0 Å². The van der Waals surface area contributed by atoms with Gasteiger partial charge in [-0.2, -0.15) is 5.10 Å². The van der Waals surface area contributed by atoms with E-state index < -0.39 is 11.9 Å². The van der Waals surface area contributed by atoms with Crippen molar-refractivity contribution in [2.75, 3.05) is 12.4 Å². The summed E-state index contributed by atoms with van der Waals surface area (Å²) in [7, 11) is 1.56. The number of carbonyl (C=O) groups is 2. The Kier molecular flexibility index (Phi) is 4.67. The smallest absolute Gasteiger partial charge is 0.332 e. The van der Waals surface area contributed by atoms with Crippen LogP contribution in [0, 0.1) is 0 Å². The van der Waals surface area contributed by atoms with E-state index in [1.54, 1.807) is 31.4 Å². The molecule has 0 fully saturated rings. The van der Waals surface area contributed by atoms with Crippen LogP contribution in [-0.4, -0.2) is 24.8 Å². The van der Waals surface area contributed by atoms with Crippen LogP contribution in [0.25, 0.3) is 0 Å². The number of nitrogens with zero attached hydrogens (tertiary/aromatic N) is 1. The molecule has 1 aromatic carbocycles. The van der Waals surface area contributed by atoms with E-state index in [9.17, 15) is 9.59 Å². The number of ether oxygens (including phenoxy) is 1. The first kappa shape index (κ1) is 13.5. The third-order valence-corrected chi connectivity index (χ3v) is 2.01. The van der Waals surface area contributed by atoms with Crippen molar-refractivity contribution >= 4 is 23.3 Å². The van der Waals surface area contributed by atoms with Crippen LogP contribution in [0.4, 0.5) is 10.5 Å². The monoisotopic (exact) mass is 250 g/mol. The van der Waals surface area contributed by atoms with Crippen molar-refractivity contribution in [1.29, 1.82) is 0 Å². The Morgan fingerprint density at radius 2 is 1.89 bits per heavy atom. The molecule has 0 unspecified atom stereocenters. The van der Waals surface area contributed by atoms with E-state index in [1.807, 2.05) is 5.43 Å². The van der Waals surface area contributed by atoms with Gasteiger partial charge in [-0.15, -0.1) is 0 Å². The normalized spacial score (nSPS) is 10.7. The molecule has 7 heteroatoms.